The van der Waals surface area contributed by atoms with E-state index in [9.17, 15) is 14.4 Å². The maximum atomic E-state index is 13.4. The Morgan fingerprint density at radius 3 is 2.55 bits per heavy atom. The Morgan fingerprint density at radius 1 is 1.13 bits per heavy atom. The minimum atomic E-state index is -0.297. The van der Waals surface area contributed by atoms with Crippen LogP contribution in [0.5, 0.6) is 0 Å². The normalized spacial score (nSPS) is 26.1. The standard InChI is InChI=1S/C23H28ClN3O3S/c24-17-6-2-1-5-16(17)13-20-23(30)27(18-7-3-4-8-19(18)31-20)14-21(28)26-11-9-15(10-12-26)22(25)29/h1-2,5-6,13,15,18-19H,3-4,7-12,14H2,(H2,25,29)/b20-13+. The average Bonchev–Trinajstić information content (AvgIpc) is 2.78. The number of piperidine rings is 1. The maximum Gasteiger partial charge on any atom is 0.261 e. The number of hydrogen-bond donors (Lipinski definition) is 1. The van der Waals surface area contributed by atoms with Crippen LogP contribution in [0.3, 0.4) is 0 Å². The van der Waals surface area contributed by atoms with Crippen molar-refractivity contribution in [2.75, 3.05) is 19.6 Å². The molecule has 0 aromatic heterocycles. The zero-order valence-electron chi connectivity index (χ0n) is 17.5. The summed E-state index contributed by atoms with van der Waals surface area (Å²) in [4.78, 5) is 42.1. The molecule has 1 aliphatic carbocycles. The van der Waals surface area contributed by atoms with Crippen molar-refractivity contribution in [1.29, 1.82) is 0 Å². The zero-order chi connectivity index (χ0) is 22.0. The first kappa shape index (κ1) is 22.2. The summed E-state index contributed by atoms with van der Waals surface area (Å²) in [6.07, 6.45) is 7.23. The number of halogens is 1. The Labute approximate surface area is 192 Å². The van der Waals surface area contributed by atoms with Gasteiger partial charge in [0.1, 0.15) is 6.54 Å². The Morgan fingerprint density at radius 2 is 1.84 bits per heavy atom. The third-order valence-corrected chi connectivity index (χ3v) is 8.31. The van der Waals surface area contributed by atoms with E-state index in [2.05, 4.69) is 0 Å². The molecule has 0 radical (unpaired) electrons. The first-order chi connectivity index (χ1) is 14.9. The van der Waals surface area contributed by atoms with E-state index in [4.69, 9.17) is 17.3 Å². The predicted octanol–water partition coefficient (Wildman–Crippen LogP) is 3.29. The SMILES string of the molecule is NC(=O)C1CCN(C(=O)CN2C(=O)/C(=C\c3ccccc3Cl)SC3CCCCC32)CC1. The van der Waals surface area contributed by atoms with Gasteiger partial charge >= 0.3 is 0 Å². The molecule has 166 valence electrons. The average molecular weight is 462 g/mol. The molecule has 1 saturated carbocycles. The largest absolute Gasteiger partial charge is 0.369 e. The van der Waals surface area contributed by atoms with E-state index in [1.807, 2.05) is 30.3 Å². The van der Waals surface area contributed by atoms with Crippen molar-refractivity contribution in [3.63, 3.8) is 0 Å². The van der Waals surface area contributed by atoms with Crippen LogP contribution in [-0.2, 0) is 14.4 Å². The van der Waals surface area contributed by atoms with Crippen molar-refractivity contribution in [2.24, 2.45) is 11.7 Å². The second-order valence-electron chi connectivity index (χ2n) is 8.53. The Bertz CT molecular complexity index is 898. The molecule has 3 fully saturated rings. The third-order valence-electron chi connectivity index (χ3n) is 6.57. The van der Waals surface area contributed by atoms with Gasteiger partial charge in [0.05, 0.1) is 4.91 Å². The summed E-state index contributed by atoms with van der Waals surface area (Å²) in [5.74, 6) is -0.599. The molecular weight excluding hydrogens is 434 g/mol. The number of nitrogens with two attached hydrogens (primary N) is 1. The second-order valence-corrected chi connectivity index (χ2v) is 10.2. The first-order valence-electron chi connectivity index (χ1n) is 10.9. The van der Waals surface area contributed by atoms with Crippen molar-refractivity contribution in [3.05, 3.63) is 39.8 Å². The van der Waals surface area contributed by atoms with Crippen LogP contribution in [0.1, 0.15) is 44.1 Å². The lowest BCUT2D eigenvalue weighted by molar-refractivity contribution is -0.142. The molecule has 2 heterocycles. The fourth-order valence-corrected chi connectivity index (χ4v) is 6.41. The van der Waals surface area contributed by atoms with Gasteiger partial charge in [0.25, 0.3) is 5.91 Å². The van der Waals surface area contributed by atoms with Crippen molar-refractivity contribution < 1.29 is 14.4 Å². The van der Waals surface area contributed by atoms with Crippen LogP contribution in [-0.4, -0.2) is 58.4 Å². The number of rotatable bonds is 4. The van der Waals surface area contributed by atoms with Gasteiger partial charge in [0, 0.05) is 35.3 Å². The van der Waals surface area contributed by atoms with Crippen molar-refractivity contribution in [3.8, 4) is 0 Å². The predicted molar refractivity (Wildman–Crippen MR) is 123 cm³/mol. The van der Waals surface area contributed by atoms with Gasteiger partial charge in [-0.3, -0.25) is 14.4 Å². The fourth-order valence-electron chi connectivity index (χ4n) is 4.75. The summed E-state index contributed by atoms with van der Waals surface area (Å²) in [7, 11) is 0. The summed E-state index contributed by atoms with van der Waals surface area (Å²) < 4.78 is 0. The highest BCUT2D eigenvalue weighted by Crippen LogP contribution is 2.42. The number of benzene rings is 1. The van der Waals surface area contributed by atoms with Crippen molar-refractivity contribution in [2.45, 2.75) is 49.8 Å². The number of carbonyl (C=O) groups excluding carboxylic acids is 3. The van der Waals surface area contributed by atoms with Crippen LogP contribution >= 0.6 is 23.4 Å². The molecule has 0 spiro atoms. The van der Waals surface area contributed by atoms with Gasteiger partial charge in [0.15, 0.2) is 0 Å². The van der Waals surface area contributed by atoms with Crippen LogP contribution < -0.4 is 5.73 Å². The molecule has 2 unspecified atom stereocenters. The lowest BCUT2D eigenvalue weighted by Gasteiger charge is -2.44. The second kappa shape index (κ2) is 9.65. The van der Waals surface area contributed by atoms with E-state index in [-0.39, 0.29) is 36.2 Å². The summed E-state index contributed by atoms with van der Waals surface area (Å²) in [6.45, 7) is 1.11. The third kappa shape index (κ3) is 4.93. The van der Waals surface area contributed by atoms with E-state index in [0.29, 0.717) is 41.1 Å². The van der Waals surface area contributed by atoms with E-state index < -0.39 is 0 Å². The quantitative estimate of drug-likeness (QED) is 0.697. The molecule has 2 N–H and O–H groups in total. The molecule has 31 heavy (non-hydrogen) atoms. The zero-order valence-corrected chi connectivity index (χ0v) is 19.0. The summed E-state index contributed by atoms with van der Waals surface area (Å²) >= 11 is 7.94. The number of amides is 3. The summed E-state index contributed by atoms with van der Waals surface area (Å²) in [5.41, 5.74) is 6.22. The highest BCUT2D eigenvalue weighted by molar-refractivity contribution is 8.04. The van der Waals surface area contributed by atoms with Crippen molar-refractivity contribution in [1.82, 2.24) is 9.80 Å². The van der Waals surface area contributed by atoms with Crippen LogP contribution in [0.2, 0.25) is 5.02 Å². The number of carbonyl (C=O) groups is 3. The molecule has 2 aliphatic heterocycles. The Balaban J connectivity index is 1.52. The molecule has 6 nitrogen and oxygen atoms in total. The lowest BCUT2D eigenvalue weighted by Crippen LogP contribution is -2.55. The number of thioether (sulfide) groups is 1. The van der Waals surface area contributed by atoms with Gasteiger partial charge in [-0.15, -0.1) is 11.8 Å². The van der Waals surface area contributed by atoms with Gasteiger partial charge < -0.3 is 15.5 Å². The number of nitrogens with zero attached hydrogens (tertiary/aromatic N) is 2. The van der Waals surface area contributed by atoms with E-state index >= 15 is 0 Å². The Kier molecular flexibility index (Phi) is 6.92. The monoisotopic (exact) mass is 461 g/mol. The van der Waals surface area contributed by atoms with Crippen LogP contribution in [0, 0.1) is 5.92 Å². The molecule has 8 heteroatoms. The number of likely N-dealkylation sites (tertiary alicyclic amines) is 1. The van der Waals surface area contributed by atoms with Gasteiger partial charge in [-0.1, -0.05) is 42.6 Å². The molecule has 1 aromatic rings. The first-order valence-corrected chi connectivity index (χ1v) is 12.2. The summed E-state index contributed by atoms with van der Waals surface area (Å²) in [6, 6.07) is 7.56. The highest BCUT2D eigenvalue weighted by atomic mass is 35.5. The number of hydrogen-bond acceptors (Lipinski definition) is 4. The molecular formula is C23H28ClN3O3S. The molecule has 1 aromatic carbocycles. The smallest absolute Gasteiger partial charge is 0.261 e. The van der Waals surface area contributed by atoms with E-state index in [0.717, 1.165) is 31.2 Å². The van der Waals surface area contributed by atoms with Gasteiger partial charge in [-0.25, -0.2) is 0 Å². The fraction of sp³-hybridized carbons (Fsp3) is 0.522. The van der Waals surface area contributed by atoms with Gasteiger partial charge in [0.2, 0.25) is 11.8 Å². The van der Waals surface area contributed by atoms with Gasteiger partial charge in [-0.05, 0) is 43.4 Å². The van der Waals surface area contributed by atoms with E-state index in [1.165, 1.54) is 0 Å². The summed E-state index contributed by atoms with van der Waals surface area (Å²) in [5, 5.41) is 0.905. The topological polar surface area (TPSA) is 83.7 Å². The molecule has 3 amide bonds. The van der Waals surface area contributed by atoms with Crippen LogP contribution in [0.15, 0.2) is 29.2 Å². The molecule has 2 saturated heterocycles. The molecule has 0 bridgehead atoms. The van der Waals surface area contributed by atoms with Crippen molar-refractivity contribution >= 4 is 47.2 Å². The van der Waals surface area contributed by atoms with E-state index in [1.54, 1.807) is 21.6 Å². The molecule has 2 atom stereocenters. The number of fused-ring (bicyclic) bond motifs is 1. The number of primary amides is 1. The molecule has 4 rings (SSSR count). The lowest BCUT2D eigenvalue weighted by atomic mass is 9.92. The molecule has 3 aliphatic rings. The van der Waals surface area contributed by atoms with Gasteiger partial charge in [-0.2, -0.15) is 0 Å². The minimum Gasteiger partial charge on any atom is -0.369 e. The van der Waals surface area contributed by atoms with Crippen LogP contribution in [0.25, 0.3) is 6.08 Å². The highest BCUT2D eigenvalue weighted by Gasteiger charge is 2.42. The maximum absolute atomic E-state index is 13.4. The minimum absolute atomic E-state index is 0.0513. The Hall–Kier alpha value is -1.99. The van der Waals surface area contributed by atoms with Crippen LogP contribution in [0.4, 0.5) is 0 Å².